The van der Waals surface area contributed by atoms with E-state index in [2.05, 4.69) is 15.3 Å². The van der Waals surface area contributed by atoms with Gasteiger partial charge in [0.25, 0.3) is 0 Å². The standard InChI is InChI=1S/C20H19FN6OS/c1-20(2,10-18(28)26(22)19-25-23-12-29-19)14-3-8-17-13(9-14)11-24-27(17)16-6-4-15(21)5-7-16/h3-9,11-12H,10,22H2,1-2H3. The summed E-state index contributed by atoms with van der Waals surface area (Å²) in [6.45, 7) is 3.98. The predicted molar refractivity (Wildman–Crippen MR) is 110 cm³/mol. The summed E-state index contributed by atoms with van der Waals surface area (Å²) in [5, 5.41) is 14.3. The molecule has 2 aromatic carbocycles. The highest BCUT2D eigenvalue weighted by molar-refractivity contribution is 7.13. The maximum absolute atomic E-state index is 13.2. The third-order valence-corrected chi connectivity index (χ3v) is 5.53. The number of hydrogen-bond donors (Lipinski definition) is 1. The van der Waals surface area contributed by atoms with Crippen LogP contribution in [0.4, 0.5) is 9.52 Å². The van der Waals surface area contributed by atoms with Gasteiger partial charge >= 0.3 is 0 Å². The molecule has 0 fully saturated rings. The third kappa shape index (κ3) is 3.74. The molecule has 1 amide bonds. The average molecular weight is 410 g/mol. The van der Waals surface area contributed by atoms with Crippen molar-refractivity contribution in [3.8, 4) is 5.69 Å². The number of halogens is 1. The Kier molecular flexibility index (Phi) is 4.85. The number of aromatic nitrogens is 4. The lowest BCUT2D eigenvalue weighted by Gasteiger charge is -2.26. The lowest BCUT2D eigenvalue weighted by atomic mass is 9.81. The first kappa shape index (κ1) is 19.2. The maximum Gasteiger partial charge on any atom is 0.244 e. The Morgan fingerprint density at radius 3 is 2.69 bits per heavy atom. The van der Waals surface area contributed by atoms with Gasteiger partial charge in [0.05, 0.1) is 17.4 Å². The second-order valence-electron chi connectivity index (χ2n) is 7.35. The maximum atomic E-state index is 13.2. The van der Waals surface area contributed by atoms with Crippen LogP contribution in [0, 0.1) is 5.82 Å². The Morgan fingerprint density at radius 1 is 1.24 bits per heavy atom. The number of nitrogens with zero attached hydrogens (tertiary/aromatic N) is 5. The zero-order valence-corrected chi connectivity index (χ0v) is 16.7. The quantitative estimate of drug-likeness (QED) is 0.308. The van der Waals surface area contributed by atoms with Crippen LogP contribution in [0.15, 0.2) is 54.2 Å². The summed E-state index contributed by atoms with van der Waals surface area (Å²) < 4.78 is 15.0. The fraction of sp³-hybridized carbons (Fsp3) is 0.200. The first-order chi connectivity index (χ1) is 13.8. The fourth-order valence-corrected chi connectivity index (χ4v) is 3.68. The summed E-state index contributed by atoms with van der Waals surface area (Å²) in [6.07, 6.45) is 1.97. The Balaban J connectivity index is 1.60. The molecule has 7 nitrogen and oxygen atoms in total. The van der Waals surface area contributed by atoms with E-state index < -0.39 is 5.41 Å². The molecule has 0 radical (unpaired) electrons. The molecule has 0 atom stereocenters. The van der Waals surface area contributed by atoms with E-state index in [1.165, 1.54) is 29.0 Å². The monoisotopic (exact) mass is 410 g/mol. The summed E-state index contributed by atoms with van der Waals surface area (Å²) >= 11 is 1.21. The van der Waals surface area contributed by atoms with E-state index in [1.54, 1.807) is 23.0 Å². The molecule has 0 aliphatic rings. The van der Waals surface area contributed by atoms with Crippen LogP contribution in [-0.2, 0) is 10.2 Å². The molecule has 148 valence electrons. The Morgan fingerprint density at radius 2 is 2.00 bits per heavy atom. The van der Waals surface area contributed by atoms with E-state index in [1.807, 2.05) is 32.0 Å². The van der Waals surface area contributed by atoms with Crippen LogP contribution in [0.5, 0.6) is 0 Å². The molecular formula is C20H19FN6OS. The van der Waals surface area contributed by atoms with Crippen molar-refractivity contribution in [3.05, 3.63) is 65.6 Å². The molecule has 4 aromatic rings. The predicted octanol–water partition coefficient (Wildman–Crippen LogP) is 3.59. The van der Waals surface area contributed by atoms with Gasteiger partial charge in [-0.2, -0.15) is 5.10 Å². The molecule has 0 bridgehead atoms. The molecule has 2 heterocycles. The van der Waals surface area contributed by atoms with Gasteiger partial charge in [-0.25, -0.2) is 19.9 Å². The van der Waals surface area contributed by atoms with Crippen molar-refractivity contribution < 1.29 is 9.18 Å². The Labute approximate surface area is 170 Å². The highest BCUT2D eigenvalue weighted by atomic mass is 32.1. The number of anilines is 1. The van der Waals surface area contributed by atoms with Crippen LogP contribution < -0.4 is 10.9 Å². The van der Waals surface area contributed by atoms with Gasteiger partial charge in [-0.05, 0) is 47.4 Å². The molecule has 0 saturated carbocycles. The molecule has 4 rings (SSSR count). The van der Waals surface area contributed by atoms with Crippen molar-refractivity contribution in [2.24, 2.45) is 5.84 Å². The van der Waals surface area contributed by atoms with Crippen LogP contribution in [-0.4, -0.2) is 25.9 Å². The average Bonchev–Trinajstić information content (AvgIpc) is 3.37. The number of benzene rings is 2. The summed E-state index contributed by atoms with van der Waals surface area (Å²) in [5.41, 5.74) is 3.74. The van der Waals surface area contributed by atoms with Crippen molar-refractivity contribution in [1.29, 1.82) is 0 Å². The van der Waals surface area contributed by atoms with Gasteiger partial charge in [-0.15, -0.1) is 10.2 Å². The Bertz CT molecular complexity index is 1150. The summed E-state index contributed by atoms with van der Waals surface area (Å²) in [4.78, 5) is 12.6. The first-order valence-electron chi connectivity index (χ1n) is 8.93. The minimum atomic E-state index is -0.453. The van der Waals surface area contributed by atoms with Crippen molar-refractivity contribution in [2.45, 2.75) is 25.7 Å². The second-order valence-corrected chi connectivity index (χ2v) is 8.16. The minimum Gasteiger partial charge on any atom is -0.273 e. The number of hydrogen-bond acceptors (Lipinski definition) is 6. The topological polar surface area (TPSA) is 89.9 Å². The van der Waals surface area contributed by atoms with Crippen LogP contribution in [0.3, 0.4) is 0 Å². The normalized spacial score (nSPS) is 11.7. The first-order valence-corrected chi connectivity index (χ1v) is 9.81. The van der Waals surface area contributed by atoms with Crippen molar-refractivity contribution in [2.75, 3.05) is 5.01 Å². The van der Waals surface area contributed by atoms with Crippen molar-refractivity contribution >= 4 is 33.3 Å². The molecule has 2 N–H and O–H groups in total. The summed E-state index contributed by atoms with van der Waals surface area (Å²) in [5.74, 6) is 5.36. The van der Waals surface area contributed by atoms with Crippen LogP contribution in [0.25, 0.3) is 16.6 Å². The minimum absolute atomic E-state index is 0.209. The SMILES string of the molecule is CC(C)(CC(=O)N(N)c1nncs1)c1ccc2c(cnn2-c2ccc(F)cc2)c1. The molecule has 0 saturated heterocycles. The molecule has 0 unspecified atom stereocenters. The third-order valence-electron chi connectivity index (χ3n) is 4.84. The molecule has 0 aliphatic heterocycles. The molecule has 9 heteroatoms. The van der Waals surface area contributed by atoms with Gasteiger partial charge in [0, 0.05) is 11.8 Å². The highest BCUT2D eigenvalue weighted by Gasteiger charge is 2.28. The van der Waals surface area contributed by atoms with Gasteiger partial charge in [0.1, 0.15) is 11.3 Å². The second kappa shape index (κ2) is 7.34. The van der Waals surface area contributed by atoms with Gasteiger partial charge in [-0.1, -0.05) is 31.3 Å². The zero-order valence-electron chi connectivity index (χ0n) is 15.9. The van der Waals surface area contributed by atoms with Crippen LogP contribution >= 0.6 is 11.3 Å². The lowest BCUT2D eigenvalue weighted by molar-refractivity contribution is -0.119. The number of fused-ring (bicyclic) bond motifs is 1. The van der Waals surface area contributed by atoms with E-state index in [-0.39, 0.29) is 18.1 Å². The molecular weight excluding hydrogens is 391 g/mol. The van der Waals surface area contributed by atoms with E-state index in [9.17, 15) is 9.18 Å². The van der Waals surface area contributed by atoms with Gasteiger partial charge in [0.15, 0.2) is 0 Å². The number of hydrazine groups is 1. The van der Waals surface area contributed by atoms with Gasteiger partial charge in [0.2, 0.25) is 11.0 Å². The fourth-order valence-electron chi connectivity index (χ4n) is 3.19. The molecule has 2 aromatic heterocycles. The van der Waals surface area contributed by atoms with Crippen LogP contribution in [0.2, 0.25) is 0 Å². The number of rotatable bonds is 5. The van der Waals surface area contributed by atoms with E-state index in [4.69, 9.17) is 5.84 Å². The largest absolute Gasteiger partial charge is 0.273 e. The lowest BCUT2D eigenvalue weighted by Crippen LogP contribution is -2.40. The number of carbonyl (C=O) groups is 1. The van der Waals surface area contributed by atoms with Crippen LogP contribution in [0.1, 0.15) is 25.8 Å². The van der Waals surface area contributed by atoms with Crippen molar-refractivity contribution in [1.82, 2.24) is 20.0 Å². The highest BCUT2D eigenvalue weighted by Crippen LogP contribution is 2.31. The zero-order chi connectivity index (χ0) is 20.6. The van der Waals surface area contributed by atoms with Crippen molar-refractivity contribution in [3.63, 3.8) is 0 Å². The van der Waals surface area contributed by atoms with E-state index >= 15 is 0 Å². The smallest absolute Gasteiger partial charge is 0.244 e. The number of amides is 1. The number of carbonyl (C=O) groups excluding carboxylic acids is 1. The van der Waals surface area contributed by atoms with E-state index in [0.29, 0.717) is 5.13 Å². The summed E-state index contributed by atoms with van der Waals surface area (Å²) in [6, 6.07) is 12.1. The molecule has 0 spiro atoms. The van der Waals surface area contributed by atoms with Gasteiger partial charge < -0.3 is 0 Å². The molecule has 29 heavy (non-hydrogen) atoms. The molecule has 0 aliphatic carbocycles. The van der Waals surface area contributed by atoms with E-state index in [0.717, 1.165) is 27.2 Å². The van der Waals surface area contributed by atoms with Gasteiger partial charge in [-0.3, -0.25) is 4.79 Å². The number of nitrogens with two attached hydrogens (primary N) is 1. The summed E-state index contributed by atoms with van der Waals surface area (Å²) in [7, 11) is 0. The Hall–Kier alpha value is -3.17.